The molecule has 1 atom stereocenters. The number of hydrogen-bond acceptors (Lipinski definition) is 2. The highest BCUT2D eigenvalue weighted by atomic mass is 79.9. The molecule has 0 aliphatic rings. The van der Waals surface area contributed by atoms with Crippen LogP contribution in [0.3, 0.4) is 0 Å². The first-order chi connectivity index (χ1) is 4.39. The number of methoxy groups -OCH3 is 1. The maximum absolute atomic E-state index is 10.7. The third kappa shape index (κ3) is 3.08. The number of esters is 1. The first-order valence-electron chi connectivity index (χ1n) is 2.49. The molecule has 10 heavy (non-hydrogen) atoms. The lowest BCUT2D eigenvalue weighted by atomic mass is 10.3. The van der Waals surface area contributed by atoms with Crippen LogP contribution in [0, 0.1) is 0 Å². The summed E-state index contributed by atoms with van der Waals surface area (Å²) in [6.45, 7) is 1.51. The van der Waals surface area contributed by atoms with Gasteiger partial charge in [-0.3, -0.25) is 4.79 Å². The van der Waals surface area contributed by atoms with Crippen LogP contribution in [0.1, 0.15) is 6.92 Å². The van der Waals surface area contributed by atoms with Gasteiger partial charge in [0.15, 0.2) is 0 Å². The Morgan fingerprint density at radius 3 is 2.20 bits per heavy atom. The molecule has 0 aliphatic carbocycles. The van der Waals surface area contributed by atoms with Crippen molar-refractivity contribution >= 4 is 45.1 Å². The summed E-state index contributed by atoms with van der Waals surface area (Å²) in [6, 6.07) is 0. The Morgan fingerprint density at radius 1 is 1.70 bits per heavy atom. The van der Waals surface area contributed by atoms with Gasteiger partial charge in [0.2, 0.25) is 0 Å². The lowest BCUT2D eigenvalue weighted by Crippen LogP contribution is -2.31. The highest BCUT2D eigenvalue weighted by Crippen LogP contribution is 2.30. The molecule has 2 nitrogen and oxygen atoms in total. The molecule has 0 aromatic heterocycles. The van der Waals surface area contributed by atoms with Gasteiger partial charge in [-0.2, -0.15) is 0 Å². The summed E-state index contributed by atoms with van der Waals surface area (Å²) in [5, 5.41) is 0. The quantitative estimate of drug-likeness (QED) is 0.554. The summed E-state index contributed by atoms with van der Waals surface area (Å²) >= 11 is 14.1. The minimum atomic E-state index is -1.13. The van der Waals surface area contributed by atoms with Crippen LogP contribution in [0.5, 0.6) is 0 Å². The molecule has 60 valence electrons. The van der Waals surface area contributed by atoms with E-state index in [9.17, 15) is 4.79 Å². The standard InChI is InChI=1S/C5H7BrCl2O2/c1-5(7,8)3(6)4(9)10-2/h3H,1-2H3. The van der Waals surface area contributed by atoms with E-state index in [4.69, 9.17) is 23.2 Å². The Balaban J connectivity index is 4.08. The van der Waals surface area contributed by atoms with E-state index in [0.717, 1.165) is 0 Å². The number of hydrogen-bond donors (Lipinski definition) is 0. The summed E-state index contributed by atoms with van der Waals surface area (Å²) < 4.78 is 3.25. The van der Waals surface area contributed by atoms with Crippen molar-refractivity contribution in [2.75, 3.05) is 7.11 Å². The Hall–Kier alpha value is 0.530. The van der Waals surface area contributed by atoms with Gasteiger partial charge in [0.05, 0.1) is 7.11 Å². The van der Waals surface area contributed by atoms with Crippen molar-refractivity contribution in [3.8, 4) is 0 Å². The van der Waals surface area contributed by atoms with E-state index in [1.165, 1.54) is 14.0 Å². The van der Waals surface area contributed by atoms with Gasteiger partial charge in [-0.05, 0) is 6.92 Å². The van der Waals surface area contributed by atoms with Crippen LogP contribution in [0.15, 0.2) is 0 Å². The molecule has 0 saturated carbocycles. The molecule has 0 N–H and O–H groups in total. The van der Waals surface area contributed by atoms with E-state index in [2.05, 4.69) is 20.7 Å². The number of halogens is 3. The van der Waals surface area contributed by atoms with Crippen LogP contribution in [0.4, 0.5) is 0 Å². The fraction of sp³-hybridized carbons (Fsp3) is 0.800. The lowest BCUT2D eigenvalue weighted by Gasteiger charge is -2.17. The molecule has 1 unspecified atom stereocenters. The monoisotopic (exact) mass is 248 g/mol. The molecule has 0 rings (SSSR count). The number of alkyl halides is 3. The fourth-order valence-corrected chi connectivity index (χ4v) is 0.675. The number of ether oxygens (including phenoxy) is 1. The molecule has 5 heteroatoms. The molecule has 0 aliphatic heterocycles. The van der Waals surface area contributed by atoms with Gasteiger partial charge in [-0.25, -0.2) is 0 Å². The van der Waals surface area contributed by atoms with Crippen molar-refractivity contribution in [2.24, 2.45) is 0 Å². The van der Waals surface area contributed by atoms with E-state index in [0.29, 0.717) is 0 Å². The van der Waals surface area contributed by atoms with Gasteiger partial charge in [0, 0.05) is 0 Å². The molecule has 0 amide bonds. The second kappa shape index (κ2) is 3.79. The molecule has 0 fully saturated rings. The smallest absolute Gasteiger partial charge is 0.322 e. The average Bonchev–Trinajstić information content (AvgIpc) is 1.83. The van der Waals surface area contributed by atoms with E-state index in [1.54, 1.807) is 0 Å². The van der Waals surface area contributed by atoms with Gasteiger partial charge in [-0.1, -0.05) is 15.9 Å². The molecule has 0 saturated heterocycles. The van der Waals surface area contributed by atoms with Crippen LogP contribution in [0.2, 0.25) is 0 Å². The van der Waals surface area contributed by atoms with Gasteiger partial charge >= 0.3 is 5.97 Å². The van der Waals surface area contributed by atoms with Crippen LogP contribution in [-0.2, 0) is 9.53 Å². The predicted molar refractivity (Wildman–Crippen MR) is 44.8 cm³/mol. The van der Waals surface area contributed by atoms with Crippen molar-refractivity contribution in [1.82, 2.24) is 0 Å². The van der Waals surface area contributed by atoms with Crippen LogP contribution < -0.4 is 0 Å². The highest BCUT2D eigenvalue weighted by Gasteiger charge is 2.34. The van der Waals surface area contributed by atoms with Gasteiger partial charge in [0.25, 0.3) is 0 Å². The summed E-state index contributed by atoms with van der Waals surface area (Å²) in [4.78, 5) is 10.0. The van der Waals surface area contributed by atoms with Crippen LogP contribution >= 0.6 is 39.1 Å². The molecule has 0 bridgehead atoms. The Labute approximate surface area is 77.9 Å². The van der Waals surface area contributed by atoms with Gasteiger partial charge in [-0.15, -0.1) is 23.2 Å². The molecule has 0 heterocycles. The van der Waals surface area contributed by atoms with E-state index in [-0.39, 0.29) is 0 Å². The maximum atomic E-state index is 10.7. The normalized spacial score (nSPS) is 14.5. The van der Waals surface area contributed by atoms with Crippen molar-refractivity contribution in [3.63, 3.8) is 0 Å². The molecule has 0 aromatic carbocycles. The number of carbonyl (C=O) groups is 1. The van der Waals surface area contributed by atoms with E-state index in [1.807, 2.05) is 0 Å². The SMILES string of the molecule is COC(=O)C(Br)C(C)(Cl)Cl. The fourth-order valence-electron chi connectivity index (χ4n) is 0.310. The number of rotatable bonds is 2. The van der Waals surface area contributed by atoms with Crippen LogP contribution in [-0.4, -0.2) is 22.2 Å². The van der Waals surface area contributed by atoms with E-state index < -0.39 is 15.1 Å². The van der Waals surface area contributed by atoms with Crippen molar-refractivity contribution in [3.05, 3.63) is 0 Å². The lowest BCUT2D eigenvalue weighted by molar-refractivity contribution is -0.139. The Kier molecular flexibility index (Phi) is 3.99. The van der Waals surface area contributed by atoms with Gasteiger partial charge in [0.1, 0.15) is 9.16 Å². The van der Waals surface area contributed by atoms with Crippen molar-refractivity contribution in [2.45, 2.75) is 16.1 Å². The zero-order chi connectivity index (χ0) is 8.36. The predicted octanol–water partition coefficient (Wildman–Crippen LogP) is 2.12. The summed E-state index contributed by atoms with van der Waals surface area (Å²) in [7, 11) is 1.27. The summed E-state index contributed by atoms with van der Waals surface area (Å²) in [5.74, 6) is -0.479. The number of carbonyl (C=O) groups excluding carboxylic acids is 1. The van der Waals surface area contributed by atoms with E-state index >= 15 is 0 Å². The third-order valence-electron chi connectivity index (χ3n) is 0.853. The molecular weight excluding hydrogens is 243 g/mol. The molecular formula is C5H7BrCl2O2. The first-order valence-corrected chi connectivity index (χ1v) is 4.16. The zero-order valence-electron chi connectivity index (χ0n) is 5.53. The third-order valence-corrected chi connectivity index (χ3v) is 3.11. The largest absolute Gasteiger partial charge is 0.468 e. The zero-order valence-corrected chi connectivity index (χ0v) is 8.63. The first kappa shape index (κ1) is 10.5. The minimum absolute atomic E-state index is 0.479. The van der Waals surface area contributed by atoms with Crippen molar-refractivity contribution < 1.29 is 9.53 Å². The maximum Gasteiger partial charge on any atom is 0.322 e. The Bertz CT molecular complexity index is 132. The van der Waals surface area contributed by atoms with Crippen LogP contribution in [0.25, 0.3) is 0 Å². The van der Waals surface area contributed by atoms with Gasteiger partial charge < -0.3 is 4.74 Å². The van der Waals surface area contributed by atoms with Crippen molar-refractivity contribution in [1.29, 1.82) is 0 Å². The second-order valence-corrected chi connectivity index (χ2v) is 4.52. The average molecular weight is 250 g/mol. The topological polar surface area (TPSA) is 26.3 Å². The molecule has 0 aromatic rings. The summed E-state index contributed by atoms with van der Waals surface area (Å²) in [6.07, 6.45) is 0. The highest BCUT2D eigenvalue weighted by molar-refractivity contribution is 9.10. The Morgan fingerprint density at radius 2 is 2.10 bits per heavy atom. The molecule has 0 spiro atoms. The molecule has 0 radical (unpaired) electrons. The summed E-state index contributed by atoms with van der Waals surface area (Å²) in [5.41, 5.74) is 0. The minimum Gasteiger partial charge on any atom is -0.468 e. The second-order valence-electron chi connectivity index (χ2n) is 1.84.